The van der Waals surface area contributed by atoms with E-state index in [1.807, 2.05) is 45.9 Å². The summed E-state index contributed by atoms with van der Waals surface area (Å²) in [6.07, 6.45) is 3.21. The van der Waals surface area contributed by atoms with E-state index in [9.17, 15) is 4.79 Å². The minimum absolute atomic E-state index is 0.0677. The standard InChI is InChI=1S/C21H30N2O3S/c1-7-8-9-19-22-15(5)20(27-19)21(24)23-14(4)16-10-11-17(26-13(2)3)18(12-16)25-6/h10-14H,7-9H2,1-6H3,(H,23,24). The molecule has 1 unspecified atom stereocenters. The molecule has 0 aliphatic rings. The van der Waals surface area contributed by atoms with Crippen LogP contribution in [0.1, 0.15) is 72.5 Å². The van der Waals surface area contributed by atoms with Crippen LogP contribution in [0.25, 0.3) is 0 Å². The quantitative estimate of drug-likeness (QED) is 0.648. The summed E-state index contributed by atoms with van der Waals surface area (Å²) in [5.74, 6) is 1.29. The highest BCUT2D eigenvalue weighted by Crippen LogP contribution is 2.31. The van der Waals surface area contributed by atoms with Crippen LogP contribution in [0.5, 0.6) is 11.5 Å². The maximum atomic E-state index is 12.7. The first kappa shape index (κ1) is 21.2. The van der Waals surface area contributed by atoms with Gasteiger partial charge in [-0.2, -0.15) is 0 Å². The fourth-order valence-electron chi connectivity index (χ4n) is 2.75. The Morgan fingerprint density at radius 2 is 2.00 bits per heavy atom. The molecular weight excluding hydrogens is 360 g/mol. The van der Waals surface area contributed by atoms with E-state index < -0.39 is 0 Å². The zero-order valence-electron chi connectivity index (χ0n) is 17.1. The Morgan fingerprint density at radius 1 is 1.26 bits per heavy atom. The molecule has 0 aliphatic carbocycles. The lowest BCUT2D eigenvalue weighted by molar-refractivity contribution is 0.0943. The molecule has 27 heavy (non-hydrogen) atoms. The molecule has 0 spiro atoms. The predicted octanol–water partition coefficient (Wildman–Crippen LogP) is 5.08. The molecule has 1 N–H and O–H groups in total. The highest BCUT2D eigenvalue weighted by Gasteiger charge is 2.19. The Balaban J connectivity index is 2.11. The number of thiazole rings is 1. The predicted molar refractivity (Wildman–Crippen MR) is 110 cm³/mol. The number of methoxy groups -OCH3 is 1. The molecule has 1 atom stereocenters. The van der Waals surface area contributed by atoms with Gasteiger partial charge in [-0.1, -0.05) is 19.4 Å². The number of amides is 1. The van der Waals surface area contributed by atoms with E-state index in [1.54, 1.807) is 7.11 Å². The number of nitrogens with zero attached hydrogens (tertiary/aromatic N) is 1. The number of hydrogen-bond donors (Lipinski definition) is 1. The Kier molecular flexibility index (Phi) is 7.66. The average molecular weight is 391 g/mol. The van der Waals surface area contributed by atoms with Crippen molar-refractivity contribution in [3.05, 3.63) is 39.3 Å². The zero-order chi connectivity index (χ0) is 20.0. The van der Waals surface area contributed by atoms with Crippen molar-refractivity contribution in [2.75, 3.05) is 7.11 Å². The molecule has 1 heterocycles. The van der Waals surface area contributed by atoms with Crippen LogP contribution in [-0.4, -0.2) is 24.1 Å². The van der Waals surface area contributed by atoms with Crippen molar-refractivity contribution >= 4 is 17.2 Å². The Morgan fingerprint density at radius 3 is 2.63 bits per heavy atom. The van der Waals surface area contributed by atoms with Crippen LogP contribution in [-0.2, 0) is 6.42 Å². The monoisotopic (exact) mass is 390 g/mol. The molecule has 148 valence electrons. The number of hydrogen-bond acceptors (Lipinski definition) is 5. The molecule has 0 saturated heterocycles. The molecular formula is C21H30N2O3S. The van der Waals surface area contributed by atoms with Crippen molar-refractivity contribution in [1.82, 2.24) is 10.3 Å². The Labute approximate surface area is 166 Å². The van der Waals surface area contributed by atoms with Gasteiger partial charge in [-0.15, -0.1) is 11.3 Å². The number of carbonyl (C=O) groups is 1. The number of aryl methyl sites for hydroxylation is 2. The first-order chi connectivity index (χ1) is 12.8. The van der Waals surface area contributed by atoms with Gasteiger partial charge in [0.15, 0.2) is 11.5 Å². The molecule has 0 radical (unpaired) electrons. The third-order valence-electron chi connectivity index (χ3n) is 4.19. The lowest BCUT2D eigenvalue weighted by Gasteiger charge is -2.18. The summed E-state index contributed by atoms with van der Waals surface area (Å²) in [5, 5.41) is 4.10. The van der Waals surface area contributed by atoms with Gasteiger partial charge in [0.25, 0.3) is 5.91 Å². The van der Waals surface area contributed by atoms with Gasteiger partial charge in [0.1, 0.15) is 4.88 Å². The van der Waals surface area contributed by atoms with Crippen molar-refractivity contribution in [1.29, 1.82) is 0 Å². The number of carbonyl (C=O) groups excluding carboxylic acids is 1. The largest absolute Gasteiger partial charge is 0.493 e. The van der Waals surface area contributed by atoms with Crippen LogP contribution in [0.15, 0.2) is 18.2 Å². The molecule has 0 aliphatic heterocycles. The molecule has 1 aromatic carbocycles. The van der Waals surface area contributed by atoms with Crippen molar-refractivity contribution in [2.24, 2.45) is 0 Å². The first-order valence-corrected chi connectivity index (χ1v) is 10.3. The van der Waals surface area contributed by atoms with Crippen LogP contribution in [0.4, 0.5) is 0 Å². The fourth-order valence-corrected chi connectivity index (χ4v) is 3.76. The number of nitrogens with one attached hydrogen (secondary N) is 1. The minimum Gasteiger partial charge on any atom is -0.493 e. The summed E-state index contributed by atoms with van der Waals surface area (Å²) in [6.45, 7) is 9.96. The van der Waals surface area contributed by atoms with Gasteiger partial charge in [0, 0.05) is 0 Å². The summed E-state index contributed by atoms with van der Waals surface area (Å²) >= 11 is 1.49. The molecule has 0 fully saturated rings. The van der Waals surface area contributed by atoms with Gasteiger partial charge < -0.3 is 14.8 Å². The van der Waals surface area contributed by atoms with Gasteiger partial charge in [0.2, 0.25) is 0 Å². The van der Waals surface area contributed by atoms with E-state index in [4.69, 9.17) is 9.47 Å². The van der Waals surface area contributed by atoms with E-state index in [-0.39, 0.29) is 18.1 Å². The second kappa shape index (κ2) is 9.74. The van der Waals surface area contributed by atoms with Gasteiger partial charge in [-0.25, -0.2) is 4.98 Å². The topological polar surface area (TPSA) is 60.5 Å². The third-order valence-corrected chi connectivity index (χ3v) is 5.41. The van der Waals surface area contributed by atoms with Gasteiger partial charge in [0.05, 0.1) is 30.0 Å². The van der Waals surface area contributed by atoms with Crippen LogP contribution < -0.4 is 14.8 Å². The van der Waals surface area contributed by atoms with E-state index >= 15 is 0 Å². The zero-order valence-corrected chi connectivity index (χ0v) is 17.9. The Hall–Kier alpha value is -2.08. The Bertz CT molecular complexity index is 771. The second-order valence-corrected chi connectivity index (χ2v) is 7.98. The van der Waals surface area contributed by atoms with Gasteiger partial charge in [-0.3, -0.25) is 4.79 Å². The average Bonchev–Trinajstić information content (AvgIpc) is 3.00. The molecule has 1 aromatic heterocycles. The maximum Gasteiger partial charge on any atom is 0.263 e. The van der Waals surface area contributed by atoms with Crippen LogP contribution in [0.3, 0.4) is 0 Å². The highest BCUT2D eigenvalue weighted by atomic mass is 32.1. The second-order valence-electron chi connectivity index (χ2n) is 6.90. The summed E-state index contributed by atoms with van der Waals surface area (Å²) in [7, 11) is 1.62. The van der Waals surface area contributed by atoms with Crippen molar-refractivity contribution in [3.8, 4) is 11.5 Å². The SMILES string of the molecule is CCCCc1nc(C)c(C(=O)NC(C)c2ccc(OC(C)C)c(OC)c2)s1. The maximum absolute atomic E-state index is 12.7. The van der Waals surface area contributed by atoms with Crippen molar-refractivity contribution in [2.45, 2.75) is 66.0 Å². The van der Waals surface area contributed by atoms with Crippen LogP contribution >= 0.6 is 11.3 Å². The van der Waals surface area contributed by atoms with E-state index in [0.717, 1.165) is 35.5 Å². The van der Waals surface area contributed by atoms with Gasteiger partial charge >= 0.3 is 0 Å². The van der Waals surface area contributed by atoms with Crippen LogP contribution in [0.2, 0.25) is 0 Å². The molecule has 0 saturated carbocycles. The van der Waals surface area contributed by atoms with Crippen molar-refractivity contribution < 1.29 is 14.3 Å². The number of rotatable bonds is 9. The number of ether oxygens (including phenoxy) is 2. The minimum atomic E-state index is -0.153. The highest BCUT2D eigenvalue weighted by molar-refractivity contribution is 7.13. The van der Waals surface area contributed by atoms with Crippen molar-refractivity contribution in [3.63, 3.8) is 0 Å². The molecule has 2 rings (SSSR count). The van der Waals surface area contributed by atoms with Crippen LogP contribution in [0, 0.1) is 6.92 Å². The lowest BCUT2D eigenvalue weighted by Crippen LogP contribution is -2.26. The molecule has 1 amide bonds. The molecule has 6 heteroatoms. The molecule has 0 bridgehead atoms. The molecule has 5 nitrogen and oxygen atoms in total. The number of aromatic nitrogens is 1. The van der Waals surface area contributed by atoms with E-state index in [1.165, 1.54) is 11.3 Å². The summed E-state index contributed by atoms with van der Waals surface area (Å²) in [5.41, 5.74) is 1.76. The van der Waals surface area contributed by atoms with E-state index in [2.05, 4.69) is 17.2 Å². The summed E-state index contributed by atoms with van der Waals surface area (Å²) < 4.78 is 11.2. The third kappa shape index (κ3) is 5.70. The molecule has 2 aromatic rings. The fraction of sp³-hybridized carbons (Fsp3) is 0.524. The summed E-state index contributed by atoms with van der Waals surface area (Å²) in [4.78, 5) is 17.9. The first-order valence-electron chi connectivity index (χ1n) is 9.47. The lowest BCUT2D eigenvalue weighted by atomic mass is 10.1. The normalized spacial score (nSPS) is 12.1. The number of unbranched alkanes of at least 4 members (excludes halogenated alkanes) is 1. The smallest absolute Gasteiger partial charge is 0.263 e. The number of benzene rings is 1. The van der Waals surface area contributed by atoms with E-state index in [0.29, 0.717) is 16.4 Å². The van der Waals surface area contributed by atoms with Gasteiger partial charge in [-0.05, 0) is 58.2 Å². The summed E-state index contributed by atoms with van der Waals surface area (Å²) in [6, 6.07) is 5.60.